The van der Waals surface area contributed by atoms with Gasteiger partial charge in [-0.2, -0.15) is 0 Å². The van der Waals surface area contributed by atoms with E-state index in [1.165, 1.54) is 0 Å². The lowest BCUT2D eigenvalue weighted by Crippen LogP contribution is -2.02. The summed E-state index contributed by atoms with van der Waals surface area (Å²) in [5, 5.41) is 2.07. The van der Waals surface area contributed by atoms with E-state index in [0.29, 0.717) is 6.54 Å². The summed E-state index contributed by atoms with van der Waals surface area (Å²) < 4.78 is 1.13. The van der Waals surface area contributed by atoms with Gasteiger partial charge in [-0.05, 0) is 12.8 Å². The fraction of sp³-hybridized carbons (Fsp3) is 0.500. The second-order valence-electron chi connectivity index (χ2n) is 1.85. The van der Waals surface area contributed by atoms with Crippen molar-refractivity contribution < 1.29 is 0 Å². The Labute approximate surface area is 68.8 Å². The Bertz CT molecular complexity index is 197. The molecule has 0 aliphatic heterocycles. The third-order valence-electron chi connectivity index (χ3n) is 1.11. The number of hydrogen-bond acceptors (Lipinski definition) is 4. The Morgan fingerprint density at radius 1 is 1.80 bits per heavy atom. The summed E-state index contributed by atoms with van der Waals surface area (Å²) in [6.07, 6.45) is 2.93. The first-order chi connectivity index (χ1) is 4.86. The molecular formula is C6H10N2S2. The van der Waals surface area contributed by atoms with E-state index in [1.54, 1.807) is 23.1 Å². The normalized spacial score (nSPS) is 10.2. The lowest BCUT2D eigenvalue weighted by molar-refractivity contribution is 0.921. The molecule has 4 heteroatoms. The molecule has 1 heterocycles. The predicted molar refractivity (Wildman–Crippen MR) is 46.7 cm³/mol. The van der Waals surface area contributed by atoms with Gasteiger partial charge in [0.25, 0.3) is 0 Å². The van der Waals surface area contributed by atoms with Gasteiger partial charge in [0.1, 0.15) is 4.34 Å². The molecule has 1 aromatic heterocycles. The van der Waals surface area contributed by atoms with Crippen molar-refractivity contribution in [1.29, 1.82) is 0 Å². The lowest BCUT2D eigenvalue weighted by Gasteiger charge is -1.87. The average Bonchev–Trinajstić information content (AvgIpc) is 2.37. The molecule has 0 aliphatic carbocycles. The molecular weight excluding hydrogens is 164 g/mol. The van der Waals surface area contributed by atoms with E-state index in [2.05, 4.69) is 10.4 Å². The molecule has 0 bridgehead atoms. The minimum Gasteiger partial charge on any atom is -0.330 e. The molecule has 0 spiro atoms. The van der Waals surface area contributed by atoms with Crippen molar-refractivity contribution in [3.63, 3.8) is 0 Å². The molecule has 0 unspecified atom stereocenters. The van der Waals surface area contributed by atoms with Gasteiger partial charge in [0.05, 0.1) is 5.69 Å². The molecule has 10 heavy (non-hydrogen) atoms. The first-order valence-corrected chi connectivity index (χ1v) is 5.15. The van der Waals surface area contributed by atoms with E-state index in [1.807, 2.05) is 6.26 Å². The molecule has 0 fully saturated rings. The SMILES string of the molecule is CSc1nc(CCN)cs1. The van der Waals surface area contributed by atoms with Crippen molar-refractivity contribution in [1.82, 2.24) is 4.98 Å². The first kappa shape index (κ1) is 8.04. The topological polar surface area (TPSA) is 38.9 Å². The molecule has 1 rings (SSSR count). The van der Waals surface area contributed by atoms with Crippen LogP contribution in [0.15, 0.2) is 9.72 Å². The molecule has 0 radical (unpaired) electrons. The van der Waals surface area contributed by atoms with Gasteiger partial charge in [-0.15, -0.1) is 11.3 Å². The first-order valence-electron chi connectivity index (χ1n) is 3.05. The number of nitrogens with zero attached hydrogens (tertiary/aromatic N) is 1. The van der Waals surface area contributed by atoms with Crippen molar-refractivity contribution in [2.75, 3.05) is 12.8 Å². The Hall–Kier alpha value is -0.0600. The summed E-state index contributed by atoms with van der Waals surface area (Å²) in [5.41, 5.74) is 6.49. The van der Waals surface area contributed by atoms with Crippen LogP contribution >= 0.6 is 23.1 Å². The van der Waals surface area contributed by atoms with Gasteiger partial charge in [-0.25, -0.2) is 4.98 Å². The zero-order valence-corrected chi connectivity index (χ0v) is 7.47. The smallest absolute Gasteiger partial charge is 0.149 e. The number of rotatable bonds is 3. The molecule has 0 atom stereocenters. The van der Waals surface area contributed by atoms with Crippen LogP contribution in [0.4, 0.5) is 0 Å². The van der Waals surface area contributed by atoms with Crippen molar-refractivity contribution in [2.45, 2.75) is 10.8 Å². The van der Waals surface area contributed by atoms with E-state index in [4.69, 9.17) is 5.73 Å². The van der Waals surface area contributed by atoms with Crippen molar-refractivity contribution in [3.8, 4) is 0 Å². The van der Waals surface area contributed by atoms with Gasteiger partial charge >= 0.3 is 0 Å². The molecule has 0 amide bonds. The second-order valence-corrected chi connectivity index (χ2v) is 3.76. The minimum absolute atomic E-state index is 0.692. The van der Waals surface area contributed by atoms with Crippen LogP contribution in [0.2, 0.25) is 0 Å². The van der Waals surface area contributed by atoms with Crippen LogP contribution < -0.4 is 5.73 Å². The fourth-order valence-corrected chi connectivity index (χ4v) is 1.96. The standard InChI is InChI=1S/C6H10N2S2/c1-9-6-8-5(2-3-7)4-10-6/h4H,2-3,7H2,1H3. The number of hydrogen-bond donors (Lipinski definition) is 1. The van der Waals surface area contributed by atoms with E-state index in [-0.39, 0.29) is 0 Å². The highest BCUT2D eigenvalue weighted by Gasteiger charge is 1.97. The largest absolute Gasteiger partial charge is 0.330 e. The van der Waals surface area contributed by atoms with Crippen molar-refractivity contribution >= 4 is 23.1 Å². The van der Waals surface area contributed by atoms with Gasteiger partial charge < -0.3 is 5.73 Å². The summed E-state index contributed by atoms with van der Waals surface area (Å²) in [5.74, 6) is 0. The summed E-state index contributed by atoms with van der Waals surface area (Å²) in [6, 6.07) is 0. The molecule has 2 N–H and O–H groups in total. The van der Waals surface area contributed by atoms with Crippen LogP contribution in [0.3, 0.4) is 0 Å². The Morgan fingerprint density at radius 3 is 3.10 bits per heavy atom. The number of nitrogens with two attached hydrogens (primary N) is 1. The Kier molecular flexibility index (Phi) is 3.18. The van der Waals surface area contributed by atoms with Crippen molar-refractivity contribution in [3.05, 3.63) is 11.1 Å². The lowest BCUT2D eigenvalue weighted by atomic mass is 10.3. The van der Waals surface area contributed by atoms with Crippen LogP contribution in [0.5, 0.6) is 0 Å². The summed E-state index contributed by atoms with van der Waals surface area (Å²) in [4.78, 5) is 4.32. The minimum atomic E-state index is 0.692. The van der Waals surface area contributed by atoms with Crippen LogP contribution in [0, 0.1) is 0 Å². The quantitative estimate of drug-likeness (QED) is 0.703. The molecule has 0 saturated carbocycles. The molecule has 56 valence electrons. The van der Waals surface area contributed by atoms with E-state index >= 15 is 0 Å². The predicted octanol–water partition coefficient (Wildman–Crippen LogP) is 1.37. The highest BCUT2D eigenvalue weighted by molar-refractivity contribution is 8.00. The van der Waals surface area contributed by atoms with Crippen LogP contribution in [-0.2, 0) is 6.42 Å². The molecule has 0 saturated heterocycles. The number of aromatic nitrogens is 1. The number of thioether (sulfide) groups is 1. The highest BCUT2D eigenvalue weighted by atomic mass is 32.2. The third kappa shape index (κ3) is 1.97. The van der Waals surface area contributed by atoms with Crippen LogP contribution in [0.1, 0.15) is 5.69 Å². The zero-order chi connectivity index (χ0) is 7.40. The van der Waals surface area contributed by atoms with Gasteiger partial charge in [0, 0.05) is 11.8 Å². The number of thiazole rings is 1. The monoisotopic (exact) mass is 174 g/mol. The fourth-order valence-electron chi connectivity index (χ4n) is 0.645. The van der Waals surface area contributed by atoms with Gasteiger partial charge in [0.15, 0.2) is 0 Å². The molecule has 2 nitrogen and oxygen atoms in total. The summed E-state index contributed by atoms with van der Waals surface area (Å²) in [7, 11) is 0. The van der Waals surface area contributed by atoms with Crippen LogP contribution in [-0.4, -0.2) is 17.8 Å². The summed E-state index contributed by atoms with van der Waals surface area (Å²) in [6.45, 7) is 0.692. The van der Waals surface area contributed by atoms with Gasteiger partial charge in [-0.1, -0.05) is 11.8 Å². The highest BCUT2D eigenvalue weighted by Crippen LogP contribution is 2.19. The maximum atomic E-state index is 5.37. The maximum absolute atomic E-state index is 5.37. The Morgan fingerprint density at radius 2 is 2.60 bits per heavy atom. The van der Waals surface area contributed by atoms with E-state index in [9.17, 15) is 0 Å². The molecule has 1 aromatic rings. The van der Waals surface area contributed by atoms with E-state index in [0.717, 1.165) is 16.5 Å². The summed E-state index contributed by atoms with van der Waals surface area (Å²) >= 11 is 3.37. The van der Waals surface area contributed by atoms with Gasteiger partial charge in [-0.3, -0.25) is 0 Å². The molecule has 0 aliphatic rings. The van der Waals surface area contributed by atoms with Gasteiger partial charge in [0.2, 0.25) is 0 Å². The second kappa shape index (κ2) is 3.95. The maximum Gasteiger partial charge on any atom is 0.149 e. The molecule has 0 aromatic carbocycles. The Balaban J connectivity index is 2.59. The zero-order valence-electron chi connectivity index (χ0n) is 5.83. The van der Waals surface area contributed by atoms with Crippen LogP contribution in [0.25, 0.3) is 0 Å². The van der Waals surface area contributed by atoms with E-state index < -0.39 is 0 Å². The average molecular weight is 174 g/mol. The van der Waals surface area contributed by atoms with Crippen molar-refractivity contribution in [2.24, 2.45) is 5.73 Å². The third-order valence-corrected chi connectivity index (χ3v) is 3.02.